The molecule has 1 heterocycles. The minimum atomic E-state index is -4.16. The van der Waals surface area contributed by atoms with E-state index in [0.29, 0.717) is 0 Å². The summed E-state index contributed by atoms with van der Waals surface area (Å²) in [7, 11) is -8.22. The maximum atomic E-state index is 13.8. The molecule has 0 aromatic heterocycles. The molecule has 1 aliphatic heterocycles. The molecular weight excluding hydrogens is 435 g/mol. The third-order valence-electron chi connectivity index (χ3n) is 5.20. The van der Waals surface area contributed by atoms with Crippen LogP contribution in [0.25, 0.3) is 0 Å². The van der Waals surface area contributed by atoms with Crippen LogP contribution in [0, 0.1) is 0 Å². The summed E-state index contributed by atoms with van der Waals surface area (Å²) in [6.07, 6.45) is 0.0414. The van der Waals surface area contributed by atoms with Gasteiger partial charge in [0, 0.05) is 6.42 Å². The zero-order valence-electron chi connectivity index (χ0n) is 18.9. The van der Waals surface area contributed by atoms with Gasteiger partial charge in [-0.05, 0) is 46.2 Å². The lowest BCUT2D eigenvalue weighted by atomic mass is 9.87. The van der Waals surface area contributed by atoms with E-state index in [4.69, 9.17) is 13.2 Å². The first kappa shape index (κ1) is 23.8. The van der Waals surface area contributed by atoms with E-state index in [0.717, 1.165) is 11.1 Å². The van der Waals surface area contributed by atoms with Crippen molar-refractivity contribution in [3.63, 3.8) is 0 Å². The average molecular weight is 467 g/mol. The average Bonchev–Trinajstić information content (AvgIpc) is 3.01. The van der Waals surface area contributed by atoms with Crippen LogP contribution in [-0.4, -0.2) is 20.0 Å². The fraction of sp³-hybridized carbons (Fsp3) is 0.478. The van der Waals surface area contributed by atoms with Crippen LogP contribution in [0.1, 0.15) is 59.1 Å². The van der Waals surface area contributed by atoms with E-state index in [9.17, 15) is 13.0 Å². The van der Waals surface area contributed by atoms with Crippen molar-refractivity contribution in [2.24, 2.45) is 0 Å². The molecule has 0 saturated carbocycles. The lowest BCUT2D eigenvalue weighted by Gasteiger charge is -2.25. The maximum absolute atomic E-state index is 13.8. The van der Waals surface area contributed by atoms with E-state index < -0.39 is 22.7 Å². The second-order valence-electron chi connectivity index (χ2n) is 9.83. The fourth-order valence-corrected chi connectivity index (χ4v) is 7.37. The van der Waals surface area contributed by atoms with E-state index in [1.165, 1.54) is 0 Å². The summed E-state index contributed by atoms with van der Waals surface area (Å²) < 4.78 is 55.0. The largest absolute Gasteiger partial charge is 0.451 e. The van der Waals surface area contributed by atoms with Crippen molar-refractivity contribution < 1.29 is 26.2 Å². The normalized spacial score (nSPS) is 19.2. The number of hydrogen-bond acceptors (Lipinski definition) is 6. The Morgan fingerprint density at radius 3 is 1.48 bits per heavy atom. The Morgan fingerprint density at radius 1 is 0.806 bits per heavy atom. The third kappa shape index (κ3) is 5.51. The zero-order chi connectivity index (χ0) is 23.1. The van der Waals surface area contributed by atoms with Crippen LogP contribution in [0.4, 0.5) is 0 Å². The molecule has 0 radical (unpaired) electrons. The molecule has 1 aliphatic rings. The summed E-state index contributed by atoms with van der Waals surface area (Å²) in [4.78, 5) is -1.38. The maximum Gasteiger partial charge on any atom is 0.451 e. The highest BCUT2D eigenvalue weighted by atomic mass is 32.2. The van der Waals surface area contributed by atoms with E-state index in [1.54, 1.807) is 24.3 Å². The highest BCUT2D eigenvalue weighted by Gasteiger charge is 2.52. The van der Waals surface area contributed by atoms with Gasteiger partial charge < -0.3 is 9.05 Å². The van der Waals surface area contributed by atoms with Gasteiger partial charge in [-0.1, -0.05) is 65.8 Å². The van der Waals surface area contributed by atoms with Gasteiger partial charge in [-0.2, -0.15) is 8.42 Å². The van der Waals surface area contributed by atoms with Gasteiger partial charge in [0.1, 0.15) is 11.5 Å². The molecule has 1 unspecified atom stereocenters. The van der Waals surface area contributed by atoms with Gasteiger partial charge in [-0.3, -0.25) is 4.18 Å². The molecule has 6 nitrogen and oxygen atoms in total. The smallest absolute Gasteiger partial charge is 0.415 e. The lowest BCUT2D eigenvalue weighted by molar-refractivity contribution is 0.353. The summed E-state index contributed by atoms with van der Waals surface area (Å²) in [5.74, 6) is 0.564. The highest BCUT2D eigenvalue weighted by Crippen LogP contribution is 2.57. The Morgan fingerprint density at radius 2 is 1.19 bits per heavy atom. The molecule has 1 atom stereocenters. The van der Waals surface area contributed by atoms with Gasteiger partial charge in [-0.15, -0.1) is 0 Å². The third-order valence-corrected chi connectivity index (χ3v) is 10.0. The summed E-state index contributed by atoms with van der Waals surface area (Å²) in [5, 5.41) is 0. The van der Waals surface area contributed by atoms with Crippen molar-refractivity contribution in [3.05, 3.63) is 59.7 Å². The van der Waals surface area contributed by atoms with Crippen molar-refractivity contribution in [1.82, 2.24) is 0 Å². The molecule has 1 saturated heterocycles. The van der Waals surface area contributed by atoms with Gasteiger partial charge in [0.2, 0.25) is 4.99 Å². The van der Waals surface area contributed by atoms with Crippen LogP contribution in [0.2, 0.25) is 0 Å². The molecule has 0 amide bonds. The minimum absolute atomic E-state index is 0.0414. The molecule has 2 aromatic rings. The molecule has 3 rings (SSSR count). The molecule has 0 N–H and O–H groups in total. The van der Waals surface area contributed by atoms with Crippen molar-refractivity contribution in [2.75, 3.05) is 6.61 Å². The molecule has 2 aromatic carbocycles. The molecule has 170 valence electrons. The molecular formula is C23H31O6PS. The number of benzene rings is 2. The molecule has 31 heavy (non-hydrogen) atoms. The monoisotopic (exact) mass is 466 g/mol. The molecule has 0 aliphatic carbocycles. The van der Waals surface area contributed by atoms with Gasteiger partial charge in [0.05, 0.1) is 6.61 Å². The lowest BCUT2D eigenvalue weighted by Crippen LogP contribution is -2.21. The van der Waals surface area contributed by atoms with Gasteiger partial charge >= 0.3 is 7.60 Å². The van der Waals surface area contributed by atoms with E-state index >= 15 is 0 Å². The SMILES string of the molecule is CC(C)(C)c1ccc(OP(=O)(Oc2ccc(C(C)(C)C)cc2)C2CCOS2(=O)=O)cc1. The predicted octanol–water partition coefficient (Wildman–Crippen LogP) is 6.01. The van der Waals surface area contributed by atoms with E-state index in [1.807, 2.05) is 24.3 Å². The van der Waals surface area contributed by atoms with Crippen molar-refractivity contribution in [3.8, 4) is 11.5 Å². The molecule has 1 fully saturated rings. The van der Waals surface area contributed by atoms with Gasteiger partial charge in [-0.25, -0.2) is 4.57 Å². The first-order chi connectivity index (χ1) is 14.2. The highest BCUT2D eigenvalue weighted by molar-refractivity contribution is 7.95. The van der Waals surface area contributed by atoms with Crippen molar-refractivity contribution >= 4 is 17.7 Å². The minimum Gasteiger partial charge on any atom is -0.415 e. The van der Waals surface area contributed by atoms with Crippen LogP contribution in [0.15, 0.2) is 48.5 Å². The van der Waals surface area contributed by atoms with Crippen LogP contribution >= 0.6 is 7.60 Å². The van der Waals surface area contributed by atoms with E-state index in [2.05, 4.69) is 41.5 Å². The second-order valence-corrected chi connectivity index (χ2v) is 14.0. The molecule has 0 bridgehead atoms. The van der Waals surface area contributed by atoms with Crippen LogP contribution in [0.5, 0.6) is 11.5 Å². The van der Waals surface area contributed by atoms with Crippen molar-refractivity contribution in [1.29, 1.82) is 0 Å². The Kier molecular flexibility index (Phi) is 6.36. The Bertz CT molecular complexity index is 998. The summed E-state index contributed by atoms with van der Waals surface area (Å²) in [6, 6.07) is 14.2. The van der Waals surface area contributed by atoms with Gasteiger partial charge in [0.25, 0.3) is 10.1 Å². The topological polar surface area (TPSA) is 78.9 Å². The summed E-state index contributed by atoms with van der Waals surface area (Å²) in [5.41, 5.74) is 2.03. The first-order valence-corrected chi connectivity index (χ1v) is 13.4. The zero-order valence-corrected chi connectivity index (χ0v) is 20.6. The van der Waals surface area contributed by atoms with Gasteiger partial charge in [0.15, 0.2) is 0 Å². The Labute approximate surface area is 185 Å². The number of hydrogen-bond donors (Lipinski definition) is 0. The van der Waals surface area contributed by atoms with Crippen molar-refractivity contribution in [2.45, 2.75) is 63.8 Å². The number of rotatable bonds is 5. The predicted molar refractivity (Wildman–Crippen MR) is 122 cm³/mol. The second kappa shape index (κ2) is 8.27. The summed E-state index contributed by atoms with van der Waals surface area (Å²) in [6.45, 7) is 12.5. The quantitative estimate of drug-likeness (QED) is 0.397. The first-order valence-electron chi connectivity index (χ1n) is 10.3. The Balaban J connectivity index is 1.93. The van der Waals surface area contributed by atoms with E-state index in [-0.39, 0.29) is 35.4 Å². The van der Waals surface area contributed by atoms with Crippen LogP contribution in [0.3, 0.4) is 0 Å². The molecule has 0 spiro atoms. The molecule has 8 heteroatoms. The van der Waals surface area contributed by atoms with Crippen LogP contribution < -0.4 is 9.05 Å². The Hall–Kier alpha value is -1.82. The fourth-order valence-electron chi connectivity index (χ4n) is 3.27. The summed E-state index contributed by atoms with van der Waals surface area (Å²) >= 11 is 0. The standard InChI is InChI=1S/C23H31O6PS/c1-22(2,3)17-7-11-19(12-8-17)28-30(24,21-15-16-27-31(21,25)26)29-20-13-9-18(10-14-20)23(4,5)6/h7-14,21H,15-16H2,1-6H3. The van der Waals surface area contributed by atoms with Crippen LogP contribution in [-0.2, 0) is 29.7 Å².